The number of methoxy groups -OCH3 is 1. The van der Waals surface area contributed by atoms with E-state index in [0.29, 0.717) is 18.0 Å². The lowest BCUT2D eigenvalue weighted by molar-refractivity contribution is 0.277. The van der Waals surface area contributed by atoms with Gasteiger partial charge < -0.3 is 14.9 Å². The molecular formula is C29H33N3O2Si. The van der Waals surface area contributed by atoms with Crippen molar-refractivity contribution in [2.75, 3.05) is 12.8 Å². The summed E-state index contributed by atoms with van der Waals surface area (Å²) >= 11 is 0. The second-order valence-corrected chi connectivity index (χ2v) is 15.2. The minimum atomic E-state index is -1.89. The summed E-state index contributed by atoms with van der Waals surface area (Å²) < 4.78 is 11.8. The molecule has 4 aromatic rings. The third kappa shape index (κ3) is 5.02. The number of rotatable bonds is 4. The van der Waals surface area contributed by atoms with Gasteiger partial charge >= 0.3 is 0 Å². The van der Waals surface area contributed by atoms with Gasteiger partial charge in [0, 0.05) is 27.6 Å². The first-order valence-electron chi connectivity index (χ1n) is 11.8. The summed E-state index contributed by atoms with van der Waals surface area (Å²) in [5.41, 5.74) is 12.5. The van der Waals surface area contributed by atoms with Gasteiger partial charge in [0.1, 0.15) is 11.4 Å². The molecule has 4 rings (SSSR count). The van der Waals surface area contributed by atoms with E-state index in [1.165, 1.54) is 0 Å². The lowest BCUT2D eigenvalue weighted by Gasteiger charge is -2.36. The molecule has 6 heteroatoms. The summed E-state index contributed by atoms with van der Waals surface area (Å²) in [5, 5.41) is 2.02. The average molecular weight is 484 g/mol. The highest BCUT2D eigenvalue weighted by Crippen LogP contribution is 2.38. The molecule has 180 valence electrons. The van der Waals surface area contributed by atoms with Crippen LogP contribution in [0.25, 0.3) is 21.8 Å². The van der Waals surface area contributed by atoms with Crippen LogP contribution in [0.1, 0.15) is 43.2 Å². The first-order chi connectivity index (χ1) is 16.5. The van der Waals surface area contributed by atoms with E-state index in [2.05, 4.69) is 45.7 Å². The SMILES string of the molecule is COc1ccc(C#Cc2ccc3c(cnc4c(CO[Si](C)(C)C(C)(C)C)ccc(N)c43)n2)c(C)c1. The van der Waals surface area contributed by atoms with Gasteiger partial charge in [0.2, 0.25) is 0 Å². The lowest BCUT2D eigenvalue weighted by atomic mass is 10.0. The number of ether oxygens (including phenoxy) is 1. The topological polar surface area (TPSA) is 70.3 Å². The molecule has 2 heterocycles. The molecule has 0 saturated heterocycles. The van der Waals surface area contributed by atoms with E-state index in [0.717, 1.165) is 44.2 Å². The van der Waals surface area contributed by atoms with E-state index in [1.54, 1.807) is 13.3 Å². The Morgan fingerprint density at radius 2 is 1.80 bits per heavy atom. The molecule has 0 bridgehead atoms. The maximum Gasteiger partial charge on any atom is 0.192 e. The fourth-order valence-electron chi connectivity index (χ4n) is 3.69. The van der Waals surface area contributed by atoms with Gasteiger partial charge in [-0.2, -0.15) is 0 Å². The Morgan fingerprint density at radius 1 is 1.03 bits per heavy atom. The number of pyridine rings is 2. The van der Waals surface area contributed by atoms with Gasteiger partial charge in [-0.15, -0.1) is 0 Å². The molecule has 0 saturated carbocycles. The van der Waals surface area contributed by atoms with Gasteiger partial charge in [0.25, 0.3) is 0 Å². The molecular weight excluding hydrogens is 450 g/mol. The van der Waals surface area contributed by atoms with Gasteiger partial charge in [-0.05, 0) is 72.9 Å². The standard InChI is InChI=1S/C29H33N3O2Si/c1-19-16-23(33-5)13-9-20(19)8-11-22-12-14-24-26(32-22)17-31-28-21(10-15-25(30)27(24)28)18-34-35(6,7)29(2,3)4/h9-10,12-17H,18,30H2,1-7H3. The van der Waals surface area contributed by atoms with Crippen LogP contribution in [0.4, 0.5) is 5.69 Å². The number of benzene rings is 2. The molecule has 2 aromatic heterocycles. The Hall–Kier alpha value is -3.40. The summed E-state index contributed by atoms with van der Waals surface area (Å²) in [4.78, 5) is 9.51. The third-order valence-electron chi connectivity index (χ3n) is 6.96. The Balaban J connectivity index is 1.70. The number of nitrogens with zero attached hydrogens (tertiary/aromatic N) is 2. The zero-order valence-corrected chi connectivity index (χ0v) is 22.6. The van der Waals surface area contributed by atoms with Crippen molar-refractivity contribution in [3.63, 3.8) is 0 Å². The number of aromatic nitrogens is 2. The molecule has 0 radical (unpaired) electrons. The second-order valence-electron chi connectivity index (χ2n) is 10.4. The van der Waals surface area contributed by atoms with Crippen LogP contribution in [0, 0.1) is 18.8 Å². The van der Waals surface area contributed by atoms with Gasteiger partial charge in [0.05, 0.1) is 30.9 Å². The van der Waals surface area contributed by atoms with Crippen molar-refractivity contribution in [2.24, 2.45) is 0 Å². The molecule has 0 aliphatic carbocycles. The highest BCUT2D eigenvalue weighted by atomic mass is 28.4. The number of hydrogen-bond donors (Lipinski definition) is 1. The highest BCUT2D eigenvalue weighted by Gasteiger charge is 2.37. The van der Waals surface area contributed by atoms with E-state index in [1.807, 2.05) is 49.4 Å². The van der Waals surface area contributed by atoms with Crippen molar-refractivity contribution in [3.8, 4) is 17.6 Å². The monoisotopic (exact) mass is 483 g/mol. The number of hydrogen-bond acceptors (Lipinski definition) is 5. The van der Waals surface area contributed by atoms with Crippen LogP contribution in [0.2, 0.25) is 18.1 Å². The van der Waals surface area contributed by atoms with Crippen molar-refractivity contribution in [1.29, 1.82) is 0 Å². The Labute approximate surface area is 208 Å². The van der Waals surface area contributed by atoms with Gasteiger partial charge in [-0.3, -0.25) is 4.98 Å². The lowest BCUT2D eigenvalue weighted by Crippen LogP contribution is -2.40. The number of fused-ring (bicyclic) bond motifs is 3. The first kappa shape index (κ1) is 24.7. The van der Waals surface area contributed by atoms with Crippen LogP contribution in [0.5, 0.6) is 5.75 Å². The van der Waals surface area contributed by atoms with Crippen molar-refractivity contribution < 1.29 is 9.16 Å². The third-order valence-corrected chi connectivity index (χ3v) is 11.4. The van der Waals surface area contributed by atoms with Crippen molar-refractivity contribution in [3.05, 3.63) is 71.0 Å². The zero-order valence-electron chi connectivity index (χ0n) is 21.6. The zero-order chi connectivity index (χ0) is 25.4. The van der Waals surface area contributed by atoms with Crippen LogP contribution >= 0.6 is 0 Å². The Bertz CT molecular complexity index is 1480. The van der Waals surface area contributed by atoms with E-state index in [9.17, 15) is 0 Å². The molecule has 2 N–H and O–H groups in total. The molecule has 0 unspecified atom stereocenters. The maximum atomic E-state index is 6.47. The molecule has 0 aliphatic rings. The Morgan fingerprint density at radius 3 is 2.49 bits per heavy atom. The number of nitrogens with two attached hydrogens (primary N) is 1. The van der Waals surface area contributed by atoms with Crippen molar-refractivity contribution in [2.45, 2.75) is 52.4 Å². The molecule has 0 aliphatic heterocycles. The van der Waals surface area contributed by atoms with E-state index in [-0.39, 0.29) is 5.04 Å². The van der Waals surface area contributed by atoms with Crippen LogP contribution in [-0.4, -0.2) is 25.4 Å². The fourth-order valence-corrected chi connectivity index (χ4v) is 4.64. The molecule has 5 nitrogen and oxygen atoms in total. The fraction of sp³-hybridized carbons (Fsp3) is 0.310. The Kier molecular flexibility index (Phi) is 6.59. The van der Waals surface area contributed by atoms with Gasteiger partial charge in [0.15, 0.2) is 8.32 Å². The number of anilines is 1. The summed E-state index contributed by atoms with van der Waals surface area (Å²) in [6.45, 7) is 13.8. The minimum absolute atomic E-state index is 0.141. The molecule has 0 atom stereocenters. The summed E-state index contributed by atoms with van der Waals surface area (Å²) in [7, 11) is -0.229. The van der Waals surface area contributed by atoms with E-state index < -0.39 is 8.32 Å². The minimum Gasteiger partial charge on any atom is -0.497 e. The summed E-state index contributed by atoms with van der Waals surface area (Å²) in [6, 6.07) is 13.8. The summed E-state index contributed by atoms with van der Waals surface area (Å²) in [6.07, 6.45) is 1.80. The quantitative estimate of drug-likeness (QED) is 0.153. The molecule has 2 aromatic carbocycles. The molecule has 0 amide bonds. The number of aryl methyl sites for hydroxylation is 1. The highest BCUT2D eigenvalue weighted by molar-refractivity contribution is 6.74. The predicted octanol–water partition coefficient (Wildman–Crippen LogP) is 6.60. The molecule has 0 spiro atoms. The van der Waals surface area contributed by atoms with Crippen LogP contribution in [-0.2, 0) is 11.0 Å². The molecule has 0 fully saturated rings. The van der Waals surface area contributed by atoms with Gasteiger partial charge in [-0.25, -0.2) is 4.98 Å². The van der Waals surface area contributed by atoms with Crippen LogP contribution in [0.15, 0.2) is 48.7 Å². The maximum absolute atomic E-state index is 6.47. The number of nitrogen functional groups attached to an aromatic ring is 1. The largest absolute Gasteiger partial charge is 0.497 e. The smallest absolute Gasteiger partial charge is 0.192 e. The predicted molar refractivity (Wildman–Crippen MR) is 147 cm³/mol. The second kappa shape index (κ2) is 9.33. The van der Waals surface area contributed by atoms with Gasteiger partial charge in [-0.1, -0.05) is 32.8 Å². The van der Waals surface area contributed by atoms with E-state index in [4.69, 9.17) is 24.9 Å². The first-order valence-corrected chi connectivity index (χ1v) is 14.7. The van der Waals surface area contributed by atoms with Crippen molar-refractivity contribution >= 4 is 35.8 Å². The van der Waals surface area contributed by atoms with Crippen LogP contribution in [0.3, 0.4) is 0 Å². The summed E-state index contributed by atoms with van der Waals surface area (Å²) in [5.74, 6) is 7.22. The average Bonchev–Trinajstić information content (AvgIpc) is 2.81. The van der Waals surface area contributed by atoms with Crippen molar-refractivity contribution in [1.82, 2.24) is 9.97 Å². The van der Waals surface area contributed by atoms with E-state index >= 15 is 0 Å². The molecule has 35 heavy (non-hydrogen) atoms. The van der Waals surface area contributed by atoms with Crippen LogP contribution < -0.4 is 10.5 Å². The normalized spacial score (nSPS) is 12.0.